The minimum Gasteiger partial charge on any atom is -0.385 e. The number of carbonyl (C=O) groups is 1. The highest BCUT2D eigenvalue weighted by Crippen LogP contribution is 2.47. The molecule has 0 aliphatic heterocycles. The Bertz CT molecular complexity index is 991. The van der Waals surface area contributed by atoms with E-state index < -0.39 is 0 Å². The van der Waals surface area contributed by atoms with Gasteiger partial charge in [-0.05, 0) is 35.6 Å². The van der Waals surface area contributed by atoms with E-state index in [1.165, 1.54) is 16.7 Å². The fraction of sp³-hybridized carbons (Fsp3) is 0.208. The van der Waals surface area contributed by atoms with Gasteiger partial charge in [0.1, 0.15) is 0 Å². The van der Waals surface area contributed by atoms with Crippen molar-refractivity contribution in [3.05, 3.63) is 89.5 Å². The molecule has 2 aromatic rings. The van der Waals surface area contributed by atoms with E-state index in [0.29, 0.717) is 17.5 Å². The Morgan fingerprint density at radius 3 is 2.52 bits per heavy atom. The highest BCUT2D eigenvalue weighted by molar-refractivity contribution is 5.98. The molecule has 0 fully saturated rings. The largest absolute Gasteiger partial charge is 0.385 e. The average molecular weight is 385 g/mol. The Morgan fingerprint density at radius 2 is 1.76 bits per heavy atom. The van der Waals surface area contributed by atoms with Crippen LogP contribution in [0.5, 0.6) is 0 Å². The molecule has 4 rings (SSSR count). The van der Waals surface area contributed by atoms with Crippen LogP contribution in [0.3, 0.4) is 0 Å². The van der Waals surface area contributed by atoms with Crippen molar-refractivity contribution in [3.8, 4) is 0 Å². The molecule has 2 atom stereocenters. The van der Waals surface area contributed by atoms with Crippen molar-refractivity contribution in [3.63, 3.8) is 0 Å². The second kappa shape index (κ2) is 8.69. The fourth-order valence-corrected chi connectivity index (χ4v) is 3.85. The van der Waals surface area contributed by atoms with Gasteiger partial charge in [-0.25, -0.2) is 5.43 Å². The van der Waals surface area contributed by atoms with Crippen LogP contribution in [0.4, 0.5) is 0 Å². The van der Waals surface area contributed by atoms with Crippen molar-refractivity contribution in [1.82, 2.24) is 5.43 Å². The molecule has 5 heteroatoms. The Morgan fingerprint density at radius 1 is 1.07 bits per heavy atom. The Kier molecular flexibility index (Phi) is 5.66. The normalized spacial score (nSPS) is 20.5. The van der Waals surface area contributed by atoms with Gasteiger partial charge in [0.2, 0.25) is 0 Å². The fourth-order valence-electron chi connectivity index (χ4n) is 3.85. The van der Waals surface area contributed by atoms with E-state index in [-0.39, 0.29) is 12.5 Å². The molecule has 2 aromatic carbocycles. The number of hydrogen-bond donors (Lipinski definition) is 1. The molecule has 0 spiro atoms. The van der Waals surface area contributed by atoms with Crippen LogP contribution in [0.15, 0.2) is 88.6 Å². The number of rotatable bonds is 7. The van der Waals surface area contributed by atoms with Crippen molar-refractivity contribution in [2.24, 2.45) is 22.1 Å². The molecule has 0 heterocycles. The molecule has 29 heavy (non-hydrogen) atoms. The lowest BCUT2D eigenvalue weighted by Crippen LogP contribution is -2.22. The van der Waals surface area contributed by atoms with Crippen molar-refractivity contribution in [2.45, 2.75) is 13.3 Å². The first kappa shape index (κ1) is 18.9. The molecular weight excluding hydrogens is 362 g/mol. The molecule has 2 aliphatic carbocycles. The predicted molar refractivity (Wildman–Crippen MR) is 115 cm³/mol. The summed E-state index contributed by atoms with van der Waals surface area (Å²) in [5.74, 6) is 0.454. The van der Waals surface area contributed by atoms with E-state index in [4.69, 9.17) is 4.84 Å². The molecule has 0 saturated heterocycles. The van der Waals surface area contributed by atoms with Gasteiger partial charge in [-0.15, -0.1) is 0 Å². The van der Waals surface area contributed by atoms with E-state index in [2.05, 4.69) is 40.0 Å². The van der Waals surface area contributed by atoms with Crippen molar-refractivity contribution >= 4 is 23.4 Å². The SMILES string of the molecule is C/C(=N\OCC(=O)N/N=C/C1=C(c2ccccc2)C2C=CC1C2)c1ccccc1. The topological polar surface area (TPSA) is 63.0 Å². The number of amides is 1. The van der Waals surface area contributed by atoms with Crippen LogP contribution >= 0.6 is 0 Å². The second-order valence-corrected chi connectivity index (χ2v) is 7.18. The molecule has 5 nitrogen and oxygen atoms in total. The van der Waals surface area contributed by atoms with Gasteiger partial charge in [0.05, 0.1) is 11.9 Å². The van der Waals surface area contributed by atoms with Crippen LogP contribution in [-0.4, -0.2) is 24.4 Å². The zero-order valence-corrected chi connectivity index (χ0v) is 16.3. The number of allylic oxidation sites excluding steroid dienone is 4. The molecule has 2 unspecified atom stereocenters. The zero-order valence-electron chi connectivity index (χ0n) is 16.3. The molecule has 146 valence electrons. The number of nitrogens with one attached hydrogen (secondary N) is 1. The Balaban J connectivity index is 1.35. The zero-order chi connectivity index (χ0) is 20.1. The summed E-state index contributed by atoms with van der Waals surface area (Å²) in [5.41, 5.74) is 7.89. The Labute approximate surface area is 170 Å². The van der Waals surface area contributed by atoms with Crippen molar-refractivity contribution in [2.75, 3.05) is 6.61 Å². The van der Waals surface area contributed by atoms with Crippen LogP contribution < -0.4 is 5.43 Å². The predicted octanol–water partition coefficient (Wildman–Crippen LogP) is 4.19. The molecule has 0 aromatic heterocycles. The lowest BCUT2D eigenvalue weighted by atomic mass is 9.92. The highest BCUT2D eigenvalue weighted by atomic mass is 16.6. The van der Waals surface area contributed by atoms with Gasteiger partial charge in [0.15, 0.2) is 6.61 Å². The third-order valence-corrected chi connectivity index (χ3v) is 5.23. The number of benzene rings is 2. The van der Waals surface area contributed by atoms with Gasteiger partial charge >= 0.3 is 0 Å². The number of fused-ring (bicyclic) bond motifs is 2. The maximum Gasteiger partial charge on any atom is 0.280 e. The molecule has 2 bridgehead atoms. The summed E-state index contributed by atoms with van der Waals surface area (Å²) < 4.78 is 0. The molecule has 2 aliphatic rings. The number of hydrazone groups is 1. The summed E-state index contributed by atoms with van der Waals surface area (Å²) in [6.07, 6.45) is 7.34. The Hall–Kier alpha value is -3.47. The lowest BCUT2D eigenvalue weighted by molar-refractivity contribution is -0.125. The standard InChI is InChI=1S/C24H23N3O2/c1-17(18-8-4-2-5-9-18)27-29-16-23(28)26-25-15-22-20-12-13-21(14-20)24(22)19-10-6-3-7-11-19/h2-13,15,20-21H,14,16H2,1H3,(H,26,28)/b25-15+,27-17+. The minimum atomic E-state index is -0.341. The first-order chi connectivity index (χ1) is 14.2. The number of nitrogens with zero attached hydrogens (tertiary/aromatic N) is 2. The highest BCUT2D eigenvalue weighted by Gasteiger charge is 2.34. The first-order valence-corrected chi connectivity index (χ1v) is 9.74. The van der Waals surface area contributed by atoms with Crippen LogP contribution in [0.2, 0.25) is 0 Å². The van der Waals surface area contributed by atoms with Gasteiger partial charge in [-0.1, -0.05) is 78.0 Å². The van der Waals surface area contributed by atoms with Crippen LogP contribution in [0, 0.1) is 11.8 Å². The lowest BCUT2D eigenvalue weighted by Gasteiger charge is -2.13. The summed E-state index contributed by atoms with van der Waals surface area (Å²) in [5, 5.41) is 8.15. The van der Waals surface area contributed by atoms with E-state index >= 15 is 0 Å². The van der Waals surface area contributed by atoms with Gasteiger partial charge < -0.3 is 4.84 Å². The first-order valence-electron chi connectivity index (χ1n) is 9.74. The van der Waals surface area contributed by atoms with Gasteiger partial charge in [-0.3, -0.25) is 4.79 Å². The quantitative estimate of drug-likeness (QED) is 0.441. The van der Waals surface area contributed by atoms with Gasteiger partial charge in [0, 0.05) is 11.8 Å². The maximum atomic E-state index is 12.0. The van der Waals surface area contributed by atoms with Gasteiger partial charge in [-0.2, -0.15) is 5.10 Å². The molecular formula is C24H23N3O2. The number of carbonyl (C=O) groups excluding carboxylic acids is 1. The molecule has 1 amide bonds. The van der Waals surface area contributed by atoms with Gasteiger partial charge in [0.25, 0.3) is 5.91 Å². The monoisotopic (exact) mass is 385 g/mol. The van der Waals surface area contributed by atoms with E-state index in [9.17, 15) is 4.79 Å². The van der Waals surface area contributed by atoms with Crippen molar-refractivity contribution < 1.29 is 9.63 Å². The maximum absolute atomic E-state index is 12.0. The summed E-state index contributed by atoms with van der Waals surface area (Å²) in [6, 6.07) is 20.0. The third kappa shape index (κ3) is 4.35. The second-order valence-electron chi connectivity index (χ2n) is 7.18. The van der Waals surface area contributed by atoms with E-state index in [1.54, 1.807) is 6.21 Å². The summed E-state index contributed by atoms with van der Waals surface area (Å²) >= 11 is 0. The smallest absolute Gasteiger partial charge is 0.280 e. The third-order valence-electron chi connectivity index (χ3n) is 5.23. The van der Waals surface area contributed by atoms with Crippen molar-refractivity contribution in [1.29, 1.82) is 0 Å². The van der Waals surface area contributed by atoms with E-state index in [0.717, 1.165) is 12.0 Å². The molecule has 1 N–H and O–H groups in total. The minimum absolute atomic E-state index is 0.182. The van der Waals surface area contributed by atoms with Crippen LogP contribution in [0.1, 0.15) is 24.5 Å². The number of oxime groups is 1. The number of hydrogen-bond acceptors (Lipinski definition) is 4. The summed E-state index contributed by atoms with van der Waals surface area (Å²) in [7, 11) is 0. The van der Waals surface area contributed by atoms with Crippen LogP contribution in [-0.2, 0) is 9.63 Å². The summed E-state index contributed by atoms with van der Waals surface area (Å²) in [4.78, 5) is 17.1. The van der Waals surface area contributed by atoms with Crippen LogP contribution in [0.25, 0.3) is 5.57 Å². The molecule has 0 saturated carbocycles. The summed E-state index contributed by atoms with van der Waals surface area (Å²) in [6.45, 7) is 1.66. The average Bonchev–Trinajstić information content (AvgIpc) is 3.37. The molecule has 0 radical (unpaired) electrons. The van der Waals surface area contributed by atoms with E-state index in [1.807, 2.05) is 55.5 Å².